The highest BCUT2D eigenvalue weighted by molar-refractivity contribution is 6.87. The molecule has 4 aliphatic rings. The van der Waals surface area contributed by atoms with Crippen LogP contribution >= 0.6 is 0 Å². The number of nitrogens with one attached hydrogen (secondary N) is 4. The third-order valence-electron chi connectivity index (χ3n) is 14.6. The molecule has 4 rings (SSSR count). The number of carbonyl (C=O) groups is 4. The van der Waals surface area contributed by atoms with Crippen LogP contribution in [0.5, 0.6) is 0 Å². The minimum Gasteiger partial charge on any atom is -0.447 e. The summed E-state index contributed by atoms with van der Waals surface area (Å²) in [4.78, 5) is 70.3. The van der Waals surface area contributed by atoms with E-state index in [1.54, 1.807) is 6.55 Å². The van der Waals surface area contributed by atoms with Crippen molar-refractivity contribution in [2.24, 2.45) is 0 Å². The SMILES string of the molecule is CC(CCNC(=O)OCCOCCC[SiH](C)O[Si](C)(CCCOCCOC(=O)NCCC(C)N1CC1)O[Si](C)(CCCOCCOC(=O)NCCC(C)N1CC1)O[Si](C)(O)CCCOCCOC(=O)NCCC(C)N1CC1)N1CC1. The number of carbonyl (C=O) groups excluding carboxylic acids is 4. The Hall–Kier alpha value is -2.53. The Bertz CT molecular complexity index is 1730. The van der Waals surface area contributed by atoms with Crippen LogP contribution < -0.4 is 21.3 Å². The molecule has 4 amide bonds. The number of rotatable bonds is 50. The summed E-state index contributed by atoms with van der Waals surface area (Å²) in [5, 5.41) is 11.3. The Morgan fingerprint density at radius 3 is 1.06 bits per heavy atom. The lowest BCUT2D eigenvalue weighted by Gasteiger charge is -2.41. The fourth-order valence-electron chi connectivity index (χ4n) is 9.32. The van der Waals surface area contributed by atoms with Gasteiger partial charge in [0.1, 0.15) is 26.4 Å². The molecular weight excluding hydrogens is 1100 g/mol. The van der Waals surface area contributed by atoms with Gasteiger partial charge in [-0.2, -0.15) is 0 Å². The zero-order chi connectivity index (χ0) is 58.1. The Kier molecular flexibility index (Phi) is 34.2. The van der Waals surface area contributed by atoms with E-state index in [-0.39, 0.29) is 46.2 Å². The van der Waals surface area contributed by atoms with Crippen molar-refractivity contribution in [3.8, 4) is 0 Å². The number of nitrogens with zero attached hydrogens (tertiary/aromatic N) is 4. The third kappa shape index (κ3) is 34.9. The molecule has 8 unspecified atom stereocenters. The molecule has 80 heavy (non-hydrogen) atoms. The van der Waals surface area contributed by atoms with Gasteiger partial charge in [-0.1, -0.05) is 0 Å². The Morgan fingerprint density at radius 1 is 0.438 bits per heavy atom. The number of hydrogen-bond donors (Lipinski definition) is 5. The molecule has 4 saturated heterocycles. The minimum absolute atomic E-state index is 0.117. The van der Waals surface area contributed by atoms with Crippen molar-refractivity contribution in [3.05, 3.63) is 0 Å². The summed E-state index contributed by atoms with van der Waals surface area (Å²) >= 11 is 0. The van der Waals surface area contributed by atoms with Gasteiger partial charge in [0.2, 0.25) is 0 Å². The second-order valence-corrected chi connectivity index (χ2v) is 35.6. The summed E-state index contributed by atoms with van der Waals surface area (Å²) in [6, 6.07) is 4.09. The molecule has 8 atom stereocenters. The van der Waals surface area contributed by atoms with Crippen molar-refractivity contribution in [1.82, 2.24) is 40.9 Å². The fraction of sp³-hybridized carbons (Fsp3) is 0.923. The first-order valence-electron chi connectivity index (χ1n) is 30.0. The first-order chi connectivity index (χ1) is 38.3. The van der Waals surface area contributed by atoms with Crippen LogP contribution in [0.2, 0.25) is 50.4 Å². The van der Waals surface area contributed by atoms with E-state index in [0.717, 1.165) is 90.5 Å². The van der Waals surface area contributed by atoms with Gasteiger partial charge in [0, 0.05) is 129 Å². The molecule has 4 heterocycles. The molecule has 24 nitrogen and oxygen atoms in total. The Balaban J connectivity index is 1.26. The molecule has 0 spiro atoms. The van der Waals surface area contributed by atoms with Gasteiger partial charge >= 0.3 is 50.1 Å². The third-order valence-corrected chi connectivity index (χ3v) is 30.1. The average Bonchev–Trinajstić information content (AvgIpc) is 4.20. The average molecular weight is 1210 g/mol. The lowest BCUT2D eigenvalue weighted by atomic mass is 10.2. The molecule has 0 saturated carbocycles. The van der Waals surface area contributed by atoms with E-state index < -0.39 is 59.1 Å². The van der Waals surface area contributed by atoms with Crippen molar-refractivity contribution in [2.75, 3.05) is 158 Å². The van der Waals surface area contributed by atoms with Gasteiger partial charge in [-0.3, -0.25) is 19.6 Å². The zero-order valence-corrected chi connectivity index (χ0v) is 54.4. The van der Waals surface area contributed by atoms with Crippen LogP contribution in [-0.2, 0) is 50.2 Å². The van der Waals surface area contributed by atoms with Crippen molar-refractivity contribution in [3.63, 3.8) is 0 Å². The quantitative estimate of drug-likeness (QED) is 0.0243. The molecule has 0 aromatic heterocycles. The Labute approximate surface area is 483 Å². The first-order valence-corrected chi connectivity index (χ1v) is 40.1. The van der Waals surface area contributed by atoms with Gasteiger partial charge in [-0.25, -0.2) is 19.2 Å². The van der Waals surface area contributed by atoms with Crippen molar-refractivity contribution < 1.29 is 74.2 Å². The summed E-state index contributed by atoms with van der Waals surface area (Å²) in [5.74, 6) is 0. The van der Waals surface area contributed by atoms with Crippen LogP contribution in [0.15, 0.2) is 0 Å². The van der Waals surface area contributed by atoms with Gasteiger partial charge in [0.25, 0.3) is 0 Å². The van der Waals surface area contributed by atoms with E-state index in [2.05, 4.69) is 81.7 Å². The smallest absolute Gasteiger partial charge is 0.407 e. The van der Waals surface area contributed by atoms with Gasteiger partial charge < -0.3 is 76.3 Å². The van der Waals surface area contributed by atoms with E-state index >= 15 is 0 Å². The second kappa shape index (κ2) is 39.2. The maximum atomic E-state index is 12.3. The monoisotopic (exact) mass is 1210 g/mol. The van der Waals surface area contributed by atoms with Crippen molar-refractivity contribution in [2.45, 2.75) is 154 Å². The van der Waals surface area contributed by atoms with Crippen LogP contribution in [0, 0.1) is 0 Å². The maximum absolute atomic E-state index is 12.3. The van der Waals surface area contributed by atoms with Crippen LogP contribution in [0.4, 0.5) is 19.2 Å². The van der Waals surface area contributed by atoms with Crippen LogP contribution in [0.3, 0.4) is 0 Å². The van der Waals surface area contributed by atoms with Gasteiger partial charge in [-0.15, -0.1) is 0 Å². The molecule has 4 fully saturated rings. The molecule has 28 heteroatoms. The van der Waals surface area contributed by atoms with E-state index in [1.165, 1.54) is 0 Å². The molecular formula is C52H106N8O16Si4. The summed E-state index contributed by atoms with van der Waals surface area (Å²) in [6.07, 6.45) is 4.18. The topological polar surface area (TPSA) is 250 Å². The van der Waals surface area contributed by atoms with Crippen molar-refractivity contribution in [1.29, 1.82) is 0 Å². The molecule has 466 valence electrons. The second-order valence-electron chi connectivity index (χ2n) is 22.4. The van der Waals surface area contributed by atoms with Gasteiger partial charge in [0.15, 0.2) is 9.04 Å². The standard InChI is InChI=1S/C52H106N8O16Si4/c1-45(57-21-22-57)13-17-53-49(61)70-37-33-66-29-9-41-77(5)74-79(7,43-11-31-68-35-39-72-51(63)55-19-15-47(3)59-25-26-59)76-80(8,44-12-32-69-36-40-73-52(64)56-20-16-48(4)60-27-28-60)75-78(6,65)42-10-30-67-34-38-71-50(62)54-18-14-46(2)58-23-24-58/h45-48,65,77H,9-44H2,1-8H3,(H,53,61)(H,54,62)(H,55,63)(H,56,64). The highest BCUT2D eigenvalue weighted by atomic mass is 28.5. The summed E-state index contributed by atoms with van der Waals surface area (Å²) in [6.45, 7) is 31.0. The maximum Gasteiger partial charge on any atom is 0.407 e. The number of amides is 4. The number of alkyl carbamates (subject to hydrolysis) is 4. The fourth-order valence-corrected chi connectivity index (χ4v) is 27.0. The lowest BCUT2D eigenvalue weighted by Crippen LogP contribution is -2.58. The Morgan fingerprint density at radius 2 is 0.738 bits per heavy atom. The molecule has 5 N–H and O–H groups in total. The first kappa shape index (κ1) is 70.0. The number of hydrogen-bond acceptors (Lipinski definition) is 20. The summed E-state index contributed by atoms with van der Waals surface area (Å²) < 4.78 is 66.0. The van der Waals surface area contributed by atoms with Gasteiger partial charge in [-0.05, 0) is 129 Å². The normalized spacial score (nSPS) is 19.5. The summed E-state index contributed by atoms with van der Waals surface area (Å²) in [5.41, 5.74) is 0. The lowest BCUT2D eigenvalue weighted by molar-refractivity contribution is 0.0719. The van der Waals surface area contributed by atoms with Crippen LogP contribution in [0.25, 0.3) is 0 Å². The highest BCUT2D eigenvalue weighted by Crippen LogP contribution is 2.31. The van der Waals surface area contributed by atoms with Gasteiger partial charge in [0.05, 0.1) is 26.4 Å². The van der Waals surface area contributed by atoms with E-state index in [4.69, 9.17) is 50.2 Å². The zero-order valence-electron chi connectivity index (χ0n) is 50.2. The van der Waals surface area contributed by atoms with Crippen molar-refractivity contribution >= 4 is 59.1 Å². The predicted octanol–water partition coefficient (Wildman–Crippen LogP) is 4.51. The minimum atomic E-state index is -3.34. The van der Waals surface area contributed by atoms with E-state index in [0.29, 0.717) is 121 Å². The molecule has 0 bridgehead atoms. The molecule has 0 radical (unpaired) electrons. The van der Waals surface area contributed by atoms with Crippen LogP contribution in [0.1, 0.15) is 79.1 Å². The molecule has 0 aromatic carbocycles. The number of ether oxygens (including phenoxy) is 8. The summed E-state index contributed by atoms with van der Waals surface area (Å²) in [7, 11) is -11.4. The predicted molar refractivity (Wildman–Crippen MR) is 314 cm³/mol. The largest absolute Gasteiger partial charge is 0.447 e. The van der Waals surface area contributed by atoms with E-state index in [1.807, 2.05) is 6.55 Å². The van der Waals surface area contributed by atoms with E-state index in [9.17, 15) is 24.0 Å². The highest BCUT2D eigenvalue weighted by Gasteiger charge is 2.47. The molecule has 0 aromatic rings. The molecule has 0 aliphatic carbocycles. The van der Waals surface area contributed by atoms with Crippen LogP contribution in [-0.4, -0.2) is 265 Å². The molecule has 4 aliphatic heterocycles.